The maximum atomic E-state index is 0. The van der Waals surface area contributed by atoms with Crippen molar-refractivity contribution in [2.75, 3.05) is 0 Å². The topological polar surface area (TPSA) is 0 Å². The standard InChI is InChI=1S/Cr.Cu.Ni.P. The van der Waals surface area contributed by atoms with Crippen LogP contribution in [-0.2, 0) is 50.9 Å². The molecule has 0 amide bonds. The molecular weight excluding hydrogens is 205 g/mol. The molecular formula is CrCuNiP. The Labute approximate surface area is 60.6 Å². The molecule has 0 spiro atoms. The van der Waals surface area contributed by atoms with Gasteiger partial charge in [-0.1, -0.05) is 0 Å². The molecule has 0 aromatic rings. The predicted molar refractivity (Wildman–Crippen MR) is 6.92 cm³/mol. The van der Waals surface area contributed by atoms with Crippen LogP contribution in [0, 0.1) is 0 Å². The molecule has 0 aromatic heterocycles. The molecule has 0 bridgehead atoms. The molecule has 0 rings (SSSR count). The van der Waals surface area contributed by atoms with Crippen molar-refractivity contribution in [1.82, 2.24) is 0 Å². The Morgan fingerprint density at radius 3 is 1.00 bits per heavy atom. The van der Waals surface area contributed by atoms with Crippen molar-refractivity contribution in [3.8, 4) is 0 Å². The van der Waals surface area contributed by atoms with E-state index in [4.69, 9.17) is 0 Å². The monoisotopic (exact) mass is 204 g/mol. The van der Waals surface area contributed by atoms with E-state index < -0.39 is 0 Å². The second kappa shape index (κ2) is 20.1. The number of rotatable bonds is 0. The second-order valence-electron chi connectivity index (χ2n) is 0. The van der Waals surface area contributed by atoms with E-state index in [-0.39, 0.29) is 60.8 Å². The summed E-state index contributed by atoms with van der Waals surface area (Å²) >= 11 is 0. The summed E-state index contributed by atoms with van der Waals surface area (Å²) in [6, 6.07) is 0. The molecule has 0 aliphatic heterocycles. The molecule has 4 heteroatoms. The van der Waals surface area contributed by atoms with E-state index in [9.17, 15) is 0 Å². The average molecular weight is 205 g/mol. The zero-order valence-electron chi connectivity index (χ0n) is 1.47. The molecule has 32 valence electrons. The summed E-state index contributed by atoms with van der Waals surface area (Å²) in [5.74, 6) is 0. The summed E-state index contributed by atoms with van der Waals surface area (Å²) in [5, 5.41) is 0. The van der Waals surface area contributed by atoms with E-state index in [1.54, 1.807) is 0 Å². The first-order valence-electron chi connectivity index (χ1n) is 0. The average Bonchev–Trinajstić information content (AvgIpc) is 0. The Hall–Kier alpha value is 1.98. The van der Waals surface area contributed by atoms with Crippen molar-refractivity contribution in [3.63, 3.8) is 0 Å². The fraction of sp³-hybridized carbons (Fsp3) is 0. The van der Waals surface area contributed by atoms with Crippen LogP contribution < -0.4 is 0 Å². The van der Waals surface area contributed by atoms with Gasteiger partial charge in [0.05, 0.1) is 0 Å². The van der Waals surface area contributed by atoms with Crippen molar-refractivity contribution in [1.29, 1.82) is 0 Å². The molecule has 0 aliphatic carbocycles. The third-order valence-corrected chi connectivity index (χ3v) is 0. The predicted octanol–water partition coefficient (Wildman–Crippen LogP) is 0.854. The van der Waals surface area contributed by atoms with Crippen LogP contribution in [0.2, 0.25) is 0 Å². The normalized spacial score (nSPS) is 0. The van der Waals surface area contributed by atoms with E-state index in [0.717, 1.165) is 0 Å². The Morgan fingerprint density at radius 2 is 1.00 bits per heavy atom. The Morgan fingerprint density at radius 1 is 1.00 bits per heavy atom. The van der Waals surface area contributed by atoms with Gasteiger partial charge in [-0.3, -0.25) is 0 Å². The Kier molecular flexibility index (Phi) is 191. The fourth-order valence-electron chi connectivity index (χ4n) is 0. The quantitative estimate of drug-likeness (QED) is 0.406. The van der Waals surface area contributed by atoms with Gasteiger partial charge in [0, 0.05) is 60.8 Å². The van der Waals surface area contributed by atoms with Crippen LogP contribution in [0.25, 0.3) is 0 Å². The minimum absolute atomic E-state index is 0. The third kappa shape index (κ3) is 9.02. The van der Waals surface area contributed by atoms with E-state index in [0.29, 0.717) is 0 Å². The maximum Gasteiger partial charge on any atom is 0 e. The molecule has 0 atom stereocenters. The number of hydrogen-bond donors (Lipinski definition) is 0. The molecule has 0 saturated carbocycles. The summed E-state index contributed by atoms with van der Waals surface area (Å²) in [6.45, 7) is 0. The summed E-state index contributed by atoms with van der Waals surface area (Å²) in [6.07, 6.45) is 0. The Balaban J connectivity index is 0. The largest absolute Gasteiger partial charge is 0 e. The van der Waals surface area contributed by atoms with Gasteiger partial charge >= 0.3 is 0 Å². The van der Waals surface area contributed by atoms with Gasteiger partial charge in [0.25, 0.3) is 0 Å². The Bertz CT molecular complexity index is 8.00. The molecule has 4 radical (unpaired) electrons. The van der Waals surface area contributed by atoms with Crippen LogP contribution >= 0.6 is 9.90 Å². The van der Waals surface area contributed by atoms with Gasteiger partial charge in [0.2, 0.25) is 0 Å². The molecule has 0 saturated heterocycles. The number of hydrogen-bond acceptors (Lipinski definition) is 0. The maximum absolute atomic E-state index is 0. The van der Waals surface area contributed by atoms with E-state index in [2.05, 4.69) is 0 Å². The van der Waals surface area contributed by atoms with Crippen molar-refractivity contribution < 1.29 is 50.9 Å². The van der Waals surface area contributed by atoms with Gasteiger partial charge in [-0.05, 0) is 0 Å². The van der Waals surface area contributed by atoms with E-state index in [1.165, 1.54) is 0 Å². The summed E-state index contributed by atoms with van der Waals surface area (Å²) in [4.78, 5) is 0. The van der Waals surface area contributed by atoms with Gasteiger partial charge in [-0.2, -0.15) is 0 Å². The zero-order valence-corrected chi connectivity index (χ0v) is 5.57. The zero-order chi connectivity index (χ0) is 0. The first-order chi connectivity index (χ1) is 0. The van der Waals surface area contributed by atoms with Crippen LogP contribution in [0.4, 0.5) is 0 Å². The molecule has 0 aromatic carbocycles. The van der Waals surface area contributed by atoms with Gasteiger partial charge in [0.15, 0.2) is 0 Å². The molecule has 0 nitrogen and oxygen atoms in total. The molecule has 0 unspecified atom stereocenters. The van der Waals surface area contributed by atoms with Crippen molar-refractivity contribution in [2.45, 2.75) is 0 Å². The van der Waals surface area contributed by atoms with Crippen molar-refractivity contribution in [3.05, 3.63) is 0 Å². The van der Waals surface area contributed by atoms with Gasteiger partial charge in [-0.25, -0.2) is 0 Å². The third-order valence-electron chi connectivity index (χ3n) is 0. The smallest absolute Gasteiger partial charge is 0 e. The first-order valence-corrected chi connectivity index (χ1v) is 0. The van der Waals surface area contributed by atoms with Gasteiger partial charge in [0.1, 0.15) is 0 Å². The fourth-order valence-corrected chi connectivity index (χ4v) is 0. The van der Waals surface area contributed by atoms with Crippen LogP contribution in [0.5, 0.6) is 0 Å². The van der Waals surface area contributed by atoms with Crippen molar-refractivity contribution in [2.24, 2.45) is 0 Å². The van der Waals surface area contributed by atoms with Crippen LogP contribution in [0.15, 0.2) is 0 Å². The summed E-state index contributed by atoms with van der Waals surface area (Å²) in [5.41, 5.74) is 0. The van der Waals surface area contributed by atoms with E-state index in [1.807, 2.05) is 0 Å². The van der Waals surface area contributed by atoms with Crippen LogP contribution in [0.3, 0.4) is 0 Å². The molecule has 4 heavy (non-hydrogen) atoms. The molecule has 0 N–H and O–H groups in total. The molecule has 0 heterocycles. The summed E-state index contributed by atoms with van der Waals surface area (Å²) in [7, 11) is 0. The second-order valence-corrected chi connectivity index (χ2v) is 0. The minimum atomic E-state index is 0. The van der Waals surface area contributed by atoms with Gasteiger partial charge < -0.3 is 0 Å². The van der Waals surface area contributed by atoms with Crippen LogP contribution in [-0.4, -0.2) is 0 Å². The molecule has 0 aliphatic rings. The van der Waals surface area contributed by atoms with Gasteiger partial charge in [-0.15, -0.1) is 0 Å². The van der Waals surface area contributed by atoms with E-state index >= 15 is 0 Å². The summed E-state index contributed by atoms with van der Waals surface area (Å²) < 4.78 is 0. The van der Waals surface area contributed by atoms with Crippen molar-refractivity contribution >= 4 is 9.90 Å². The minimum Gasteiger partial charge on any atom is 0 e. The SMILES string of the molecule is [Cr].[Cu].[Ni].[P]. The van der Waals surface area contributed by atoms with Crippen LogP contribution in [0.1, 0.15) is 0 Å². The molecule has 0 fully saturated rings. The first kappa shape index (κ1) is 37.9.